The molecule has 1 fully saturated rings. The molecule has 0 N–H and O–H groups in total. The predicted molar refractivity (Wildman–Crippen MR) is 104 cm³/mol. The van der Waals surface area contributed by atoms with Crippen LogP contribution < -0.4 is 0 Å². The Kier molecular flexibility index (Phi) is 5.49. The van der Waals surface area contributed by atoms with Crippen LogP contribution in [-0.4, -0.2) is 54.2 Å². The summed E-state index contributed by atoms with van der Waals surface area (Å²) in [5.74, 6) is -0.147. The van der Waals surface area contributed by atoms with Crippen LogP contribution in [0.15, 0.2) is 41.4 Å². The second kappa shape index (κ2) is 7.70. The molecule has 1 aromatic heterocycles. The lowest BCUT2D eigenvalue weighted by Crippen LogP contribution is -2.55. The molecule has 146 valence electrons. The first-order valence-electron chi connectivity index (χ1n) is 8.98. The average Bonchev–Trinajstić information content (AvgIpc) is 2.67. The van der Waals surface area contributed by atoms with Crippen molar-refractivity contribution in [3.63, 3.8) is 0 Å². The van der Waals surface area contributed by atoms with Crippen molar-refractivity contribution in [2.75, 3.05) is 19.6 Å². The van der Waals surface area contributed by atoms with E-state index in [9.17, 15) is 13.2 Å². The predicted octanol–water partition coefficient (Wildman–Crippen LogP) is 2.11. The van der Waals surface area contributed by atoms with Crippen molar-refractivity contribution in [1.29, 1.82) is 5.26 Å². The SMILES string of the molecule is Cc1ccc(C(=O)N2CCN(S(=O)(=O)c3ccc(C#N)cc3C)C(C)C2)cn1. The molecule has 1 saturated heterocycles. The Labute approximate surface area is 165 Å². The molecule has 1 aliphatic heterocycles. The average molecular weight is 398 g/mol. The van der Waals surface area contributed by atoms with Crippen molar-refractivity contribution in [3.05, 3.63) is 58.9 Å². The summed E-state index contributed by atoms with van der Waals surface area (Å²) >= 11 is 0. The van der Waals surface area contributed by atoms with Crippen LogP contribution in [0.1, 0.15) is 34.1 Å². The Bertz CT molecular complexity index is 1040. The number of nitrogens with zero attached hydrogens (tertiary/aromatic N) is 4. The summed E-state index contributed by atoms with van der Waals surface area (Å²) < 4.78 is 27.7. The maximum absolute atomic E-state index is 13.1. The Morgan fingerprint density at radius 2 is 1.96 bits per heavy atom. The van der Waals surface area contributed by atoms with E-state index in [0.29, 0.717) is 29.8 Å². The third kappa shape index (κ3) is 3.77. The number of carbonyl (C=O) groups is 1. The topological polar surface area (TPSA) is 94.4 Å². The summed E-state index contributed by atoms with van der Waals surface area (Å²) in [5.41, 5.74) is 2.29. The summed E-state index contributed by atoms with van der Waals surface area (Å²) in [6.45, 7) is 6.16. The molecular formula is C20H22N4O3S. The van der Waals surface area contributed by atoms with E-state index in [2.05, 4.69) is 4.98 Å². The molecule has 28 heavy (non-hydrogen) atoms. The van der Waals surface area contributed by atoms with Gasteiger partial charge in [-0.2, -0.15) is 9.57 Å². The van der Waals surface area contributed by atoms with Gasteiger partial charge in [0.2, 0.25) is 10.0 Å². The van der Waals surface area contributed by atoms with E-state index in [-0.39, 0.29) is 23.4 Å². The van der Waals surface area contributed by atoms with Crippen LogP contribution >= 0.6 is 0 Å². The number of benzene rings is 1. The summed E-state index contributed by atoms with van der Waals surface area (Å²) in [7, 11) is -3.71. The molecule has 3 rings (SSSR count). The molecule has 1 aromatic carbocycles. The molecule has 2 aromatic rings. The van der Waals surface area contributed by atoms with Gasteiger partial charge in [-0.05, 0) is 56.7 Å². The van der Waals surface area contributed by atoms with Gasteiger partial charge in [-0.3, -0.25) is 9.78 Å². The molecule has 0 bridgehead atoms. The first-order valence-corrected chi connectivity index (χ1v) is 10.4. The molecule has 1 aliphatic rings. The molecule has 7 nitrogen and oxygen atoms in total. The number of aryl methyl sites for hydroxylation is 2. The summed E-state index contributed by atoms with van der Waals surface area (Å²) in [6.07, 6.45) is 1.55. The van der Waals surface area contributed by atoms with Crippen LogP contribution in [0.2, 0.25) is 0 Å². The number of amides is 1. The zero-order valence-corrected chi connectivity index (χ0v) is 16.9. The highest BCUT2D eigenvalue weighted by atomic mass is 32.2. The van der Waals surface area contributed by atoms with E-state index in [1.165, 1.54) is 16.4 Å². The lowest BCUT2D eigenvalue weighted by atomic mass is 10.1. The van der Waals surface area contributed by atoms with Gasteiger partial charge >= 0.3 is 0 Å². The highest BCUT2D eigenvalue weighted by molar-refractivity contribution is 7.89. The fourth-order valence-corrected chi connectivity index (χ4v) is 5.22. The van der Waals surface area contributed by atoms with Crippen molar-refractivity contribution >= 4 is 15.9 Å². The summed E-state index contributed by atoms with van der Waals surface area (Å²) in [5, 5.41) is 8.99. The van der Waals surface area contributed by atoms with Gasteiger partial charge in [-0.25, -0.2) is 8.42 Å². The minimum absolute atomic E-state index is 0.147. The van der Waals surface area contributed by atoms with Gasteiger partial charge in [0, 0.05) is 37.6 Å². The smallest absolute Gasteiger partial charge is 0.255 e. The van der Waals surface area contributed by atoms with E-state index in [0.717, 1.165) is 5.69 Å². The van der Waals surface area contributed by atoms with Crippen LogP contribution in [-0.2, 0) is 10.0 Å². The fraction of sp³-hybridized carbons (Fsp3) is 0.350. The van der Waals surface area contributed by atoms with E-state index in [4.69, 9.17) is 5.26 Å². The monoisotopic (exact) mass is 398 g/mol. The summed E-state index contributed by atoms with van der Waals surface area (Å²) in [4.78, 5) is 18.7. The van der Waals surface area contributed by atoms with Crippen LogP contribution in [0.25, 0.3) is 0 Å². The highest BCUT2D eigenvalue weighted by Gasteiger charge is 2.36. The number of pyridine rings is 1. The van der Waals surface area contributed by atoms with E-state index in [1.54, 1.807) is 43.1 Å². The van der Waals surface area contributed by atoms with Gasteiger partial charge in [0.15, 0.2) is 0 Å². The van der Waals surface area contributed by atoms with Crippen LogP contribution in [0.5, 0.6) is 0 Å². The quantitative estimate of drug-likeness (QED) is 0.789. The zero-order chi connectivity index (χ0) is 20.5. The molecule has 0 radical (unpaired) electrons. The fourth-order valence-electron chi connectivity index (χ4n) is 3.39. The van der Waals surface area contributed by atoms with Gasteiger partial charge in [0.25, 0.3) is 5.91 Å². The lowest BCUT2D eigenvalue weighted by molar-refractivity contribution is 0.0641. The van der Waals surface area contributed by atoms with Crippen molar-refractivity contribution < 1.29 is 13.2 Å². The normalized spacial score (nSPS) is 17.9. The number of sulfonamides is 1. The van der Waals surface area contributed by atoms with Crippen LogP contribution in [0.3, 0.4) is 0 Å². The standard InChI is InChI=1S/C20H22N4O3S/c1-14-10-17(11-21)5-7-19(14)28(26,27)24-9-8-23(13-16(24)3)20(25)18-6-4-15(2)22-12-18/h4-7,10,12,16H,8-9,13H2,1-3H3. The number of piperazine rings is 1. The van der Waals surface area contributed by atoms with Crippen molar-refractivity contribution in [2.45, 2.75) is 31.7 Å². The van der Waals surface area contributed by atoms with Gasteiger partial charge in [-0.1, -0.05) is 0 Å². The molecule has 0 spiro atoms. The van der Waals surface area contributed by atoms with Gasteiger partial charge in [0.1, 0.15) is 0 Å². The van der Waals surface area contributed by atoms with Crippen molar-refractivity contribution in [1.82, 2.24) is 14.2 Å². The van der Waals surface area contributed by atoms with Gasteiger partial charge in [0.05, 0.1) is 22.1 Å². The second-order valence-corrected chi connectivity index (χ2v) is 8.86. The van der Waals surface area contributed by atoms with Crippen molar-refractivity contribution in [3.8, 4) is 6.07 Å². The molecule has 0 saturated carbocycles. The van der Waals surface area contributed by atoms with E-state index < -0.39 is 10.0 Å². The maximum atomic E-state index is 13.1. The van der Waals surface area contributed by atoms with E-state index >= 15 is 0 Å². The van der Waals surface area contributed by atoms with Gasteiger partial charge in [-0.15, -0.1) is 0 Å². The Morgan fingerprint density at radius 3 is 2.54 bits per heavy atom. The molecule has 1 unspecified atom stereocenters. The Hall–Kier alpha value is -2.76. The highest BCUT2D eigenvalue weighted by Crippen LogP contribution is 2.25. The number of carbonyl (C=O) groups excluding carboxylic acids is 1. The minimum Gasteiger partial charge on any atom is -0.336 e. The molecule has 2 heterocycles. The number of hydrogen-bond donors (Lipinski definition) is 0. The molecule has 1 atom stereocenters. The molecule has 8 heteroatoms. The Balaban J connectivity index is 1.79. The molecule has 0 aliphatic carbocycles. The van der Waals surface area contributed by atoms with Crippen LogP contribution in [0, 0.1) is 25.2 Å². The second-order valence-electron chi connectivity index (χ2n) is 7.00. The van der Waals surface area contributed by atoms with Gasteiger partial charge < -0.3 is 4.90 Å². The van der Waals surface area contributed by atoms with E-state index in [1.807, 2.05) is 13.0 Å². The number of hydrogen-bond acceptors (Lipinski definition) is 5. The van der Waals surface area contributed by atoms with Crippen LogP contribution in [0.4, 0.5) is 0 Å². The first kappa shape index (κ1) is 20.0. The minimum atomic E-state index is -3.71. The van der Waals surface area contributed by atoms with Crippen molar-refractivity contribution in [2.24, 2.45) is 0 Å². The first-order chi connectivity index (χ1) is 13.2. The number of aromatic nitrogens is 1. The molecular weight excluding hydrogens is 376 g/mol. The molecule has 1 amide bonds. The number of nitriles is 1. The Morgan fingerprint density at radius 1 is 1.21 bits per heavy atom. The summed E-state index contributed by atoms with van der Waals surface area (Å²) in [6, 6.07) is 9.72. The number of rotatable bonds is 3. The third-order valence-electron chi connectivity index (χ3n) is 4.90. The maximum Gasteiger partial charge on any atom is 0.255 e. The lowest BCUT2D eigenvalue weighted by Gasteiger charge is -2.39. The zero-order valence-electron chi connectivity index (χ0n) is 16.1. The largest absolute Gasteiger partial charge is 0.336 e. The third-order valence-corrected chi connectivity index (χ3v) is 7.08.